The monoisotopic (exact) mass is 297 g/mol. The molecule has 94 valence electrons. The molecule has 0 atom stereocenters. The van der Waals surface area contributed by atoms with Crippen molar-refractivity contribution < 1.29 is 4.74 Å². The number of halogens is 1. The van der Waals surface area contributed by atoms with Gasteiger partial charge in [0.15, 0.2) is 0 Å². The summed E-state index contributed by atoms with van der Waals surface area (Å²) in [7, 11) is 0. The van der Waals surface area contributed by atoms with Crippen LogP contribution in [0.1, 0.15) is 18.9 Å². The van der Waals surface area contributed by atoms with Crippen molar-refractivity contribution in [3.05, 3.63) is 46.5 Å². The van der Waals surface area contributed by atoms with Crippen molar-refractivity contribution in [3.63, 3.8) is 0 Å². The number of hydrogen-bond donors (Lipinski definition) is 1. The molecule has 0 amide bonds. The number of benzene rings is 1. The molecule has 0 aliphatic heterocycles. The Morgan fingerprint density at radius 3 is 2.88 bits per heavy atom. The standard InChI is InChI=1S/C14H20BrNO/c1-3-8-16-9-12(2)10-17-11-13-6-4-5-7-14(13)15/h4-7,16H,2-3,8-11H2,1H3. The Morgan fingerprint density at radius 1 is 1.41 bits per heavy atom. The van der Waals surface area contributed by atoms with Crippen LogP contribution in [-0.2, 0) is 11.3 Å². The van der Waals surface area contributed by atoms with E-state index < -0.39 is 0 Å². The van der Waals surface area contributed by atoms with E-state index in [0.29, 0.717) is 13.2 Å². The van der Waals surface area contributed by atoms with E-state index in [0.717, 1.165) is 29.6 Å². The molecule has 1 N–H and O–H groups in total. The van der Waals surface area contributed by atoms with Crippen LogP contribution in [0.2, 0.25) is 0 Å². The van der Waals surface area contributed by atoms with E-state index in [1.54, 1.807) is 0 Å². The van der Waals surface area contributed by atoms with E-state index in [1.165, 1.54) is 5.56 Å². The molecule has 0 bridgehead atoms. The van der Waals surface area contributed by atoms with Gasteiger partial charge < -0.3 is 10.1 Å². The summed E-state index contributed by atoms with van der Waals surface area (Å²) in [6.07, 6.45) is 1.14. The molecule has 0 aliphatic rings. The molecule has 0 saturated heterocycles. The fraction of sp³-hybridized carbons (Fsp3) is 0.429. The highest BCUT2D eigenvalue weighted by atomic mass is 79.9. The molecule has 0 aliphatic carbocycles. The maximum atomic E-state index is 5.62. The van der Waals surface area contributed by atoms with Gasteiger partial charge in [0.05, 0.1) is 13.2 Å². The Balaban J connectivity index is 2.19. The van der Waals surface area contributed by atoms with Crippen molar-refractivity contribution in [2.45, 2.75) is 20.0 Å². The fourth-order valence-electron chi connectivity index (χ4n) is 1.41. The smallest absolute Gasteiger partial charge is 0.0732 e. The highest BCUT2D eigenvalue weighted by Gasteiger charge is 1.99. The van der Waals surface area contributed by atoms with Crippen LogP contribution in [0.4, 0.5) is 0 Å². The first-order chi connectivity index (χ1) is 8.24. The van der Waals surface area contributed by atoms with E-state index in [1.807, 2.05) is 18.2 Å². The summed E-state index contributed by atoms with van der Waals surface area (Å²) in [6, 6.07) is 8.10. The second-order valence-electron chi connectivity index (χ2n) is 4.01. The third-order valence-corrected chi connectivity index (χ3v) is 3.10. The van der Waals surface area contributed by atoms with Crippen LogP contribution >= 0.6 is 15.9 Å². The lowest BCUT2D eigenvalue weighted by Crippen LogP contribution is -2.19. The molecule has 0 spiro atoms. The SMILES string of the molecule is C=C(CNCCC)COCc1ccccc1Br. The molecule has 1 aromatic rings. The maximum Gasteiger partial charge on any atom is 0.0732 e. The summed E-state index contributed by atoms with van der Waals surface area (Å²) < 4.78 is 6.72. The predicted octanol–water partition coefficient (Wildman–Crippen LogP) is 3.52. The largest absolute Gasteiger partial charge is 0.372 e. The maximum absolute atomic E-state index is 5.62. The molecule has 0 saturated carbocycles. The lowest BCUT2D eigenvalue weighted by molar-refractivity contribution is 0.141. The van der Waals surface area contributed by atoms with E-state index in [2.05, 4.69) is 40.8 Å². The van der Waals surface area contributed by atoms with Gasteiger partial charge in [-0.1, -0.05) is 47.6 Å². The van der Waals surface area contributed by atoms with Gasteiger partial charge >= 0.3 is 0 Å². The summed E-state index contributed by atoms with van der Waals surface area (Å²) in [5, 5.41) is 3.31. The van der Waals surface area contributed by atoms with Crippen LogP contribution in [0.5, 0.6) is 0 Å². The number of hydrogen-bond acceptors (Lipinski definition) is 2. The van der Waals surface area contributed by atoms with Crippen LogP contribution in [0.15, 0.2) is 40.9 Å². The molecule has 3 heteroatoms. The van der Waals surface area contributed by atoms with Gasteiger partial charge in [-0.3, -0.25) is 0 Å². The molecule has 0 unspecified atom stereocenters. The summed E-state index contributed by atoms with van der Waals surface area (Å²) in [4.78, 5) is 0. The van der Waals surface area contributed by atoms with E-state index >= 15 is 0 Å². The van der Waals surface area contributed by atoms with Crippen molar-refractivity contribution >= 4 is 15.9 Å². The summed E-state index contributed by atoms with van der Waals surface area (Å²) in [5.74, 6) is 0. The molecular weight excluding hydrogens is 278 g/mol. The zero-order chi connectivity index (χ0) is 12.5. The van der Waals surface area contributed by atoms with Crippen molar-refractivity contribution in [3.8, 4) is 0 Å². The van der Waals surface area contributed by atoms with Gasteiger partial charge in [-0.15, -0.1) is 0 Å². The van der Waals surface area contributed by atoms with Gasteiger partial charge in [0.2, 0.25) is 0 Å². The van der Waals surface area contributed by atoms with Gasteiger partial charge in [0, 0.05) is 11.0 Å². The predicted molar refractivity (Wildman–Crippen MR) is 76.1 cm³/mol. The summed E-state index contributed by atoms with van der Waals surface area (Å²) in [5.41, 5.74) is 2.26. The van der Waals surface area contributed by atoms with E-state index in [-0.39, 0.29) is 0 Å². The Morgan fingerprint density at radius 2 is 2.18 bits per heavy atom. The zero-order valence-corrected chi connectivity index (χ0v) is 11.9. The molecular formula is C14H20BrNO. The number of ether oxygens (including phenoxy) is 1. The Hall–Kier alpha value is -0.640. The third-order valence-electron chi connectivity index (χ3n) is 2.32. The van der Waals surface area contributed by atoms with Crippen LogP contribution < -0.4 is 5.32 Å². The number of rotatable bonds is 8. The minimum absolute atomic E-state index is 0.609. The topological polar surface area (TPSA) is 21.3 Å². The van der Waals surface area contributed by atoms with Crippen LogP contribution in [-0.4, -0.2) is 19.7 Å². The average molecular weight is 298 g/mol. The minimum Gasteiger partial charge on any atom is -0.372 e. The molecule has 1 aromatic carbocycles. The Labute approximate surface area is 112 Å². The van der Waals surface area contributed by atoms with Gasteiger partial charge in [-0.05, 0) is 30.2 Å². The normalized spacial score (nSPS) is 10.5. The Kier molecular flexibility index (Phi) is 7.17. The van der Waals surface area contributed by atoms with E-state index in [4.69, 9.17) is 4.74 Å². The van der Waals surface area contributed by atoms with Gasteiger partial charge in [0.25, 0.3) is 0 Å². The van der Waals surface area contributed by atoms with E-state index in [9.17, 15) is 0 Å². The van der Waals surface area contributed by atoms with Gasteiger partial charge in [-0.25, -0.2) is 0 Å². The first kappa shape index (κ1) is 14.4. The highest BCUT2D eigenvalue weighted by molar-refractivity contribution is 9.10. The van der Waals surface area contributed by atoms with Crippen molar-refractivity contribution in [2.75, 3.05) is 19.7 Å². The first-order valence-electron chi connectivity index (χ1n) is 5.92. The lowest BCUT2D eigenvalue weighted by Gasteiger charge is -2.09. The van der Waals surface area contributed by atoms with Gasteiger partial charge in [0.1, 0.15) is 0 Å². The molecule has 17 heavy (non-hydrogen) atoms. The molecule has 1 rings (SSSR count). The number of nitrogens with one attached hydrogen (secondary N) is 1. The summed E-state index contributed by atoms with van der Waals surface area (Å²) in [6.45, 7) is 9.23. The molecule has 0 aromatic heterocycles. The molecule has 2 nitrogen and oxygen atoms in total. The minimum atomic E-state index is 0.609. The molecule has 0 fully saturated rings. The fourth-order valence-corrected chi connectivity index (χ4v) is 1.81. The van der Waals surface area contributed by atoms with Crippen LogP contribution in [0.3, 0.4) is 0 Å². The van der Waals surface area contributed by atoms with Crippen molar-refractivity contribution in [2.24, 2.45) is 0 Å². The second kappa shape index (κ2) is 8.45. The van der Waals surface area contributed by atoms with Crippen LogP contribution in [0.25, 0.3) is 0 Å². The lowest BCUT2D eigenvalue weighted by atomic mass is 10.2. The van der Waals surface area contributed by atoms with Crippen molar-refractivity contribution in [1.29, 1.82) is 0 Å². The Bertz CT molecular complexity index is 352. The zero-order valence-electron chi connectivity index (χ0n) is 10.3. The molecule has 0 radical (unpaired) electrons. The quantitative estimate of drug-likeness (QED) is 0.585. The first-order valence-corrected chi connectivity index (χ1v) is 6.72. The third kappa shape index (κ3) is 6.01. The van der Waals surface area contributed by atoms with Crippen molar-refractivity contribution in [1.82, 2.24) is 5.32 Å². The molecule has 0 heterocycles. The second-order valence-corrected chi connectivity index (χ2v) is 4.87. The van der Waals surface area contributed by atoms with Gasteiger partial charge in [-0.2, -0.15) is 0 Å². The highest BCUT2D eigenvalue weighted by Crippen LogP contribution is 2.16. The summed E-state index contributed by atoms with van der Waals surface area (Å²) >= 11 is 3.50. The van der Waals surface area contributed by atoms with Crippen LogP contribution in [0, 0.1) is 0 Å². The average Bonchev–Trinajstić information content (AvgIpc) is 2.32.